The lowest BCUT2D eigenvalue weighted by Gasteiger charge is -2.13. The number of anilines is 2. The number of hydrogen-bond donors (Lipinski definition) is 1. The van der Waals surface area contributed by atoms with Crippen molar-refractivity contribution in [3.8, 4) is 0 Å². The van der Waals surface area contributed by atoms with Crippen LogP contribution in [0.25, 0.3) is 11.0 Å². The van der Waals surface area contributed by atoms with Gasteiger partial charge in [-0.2, -0.15) is 0 Å². The molecule has 0 saturated heterocycles. The molecule has 122 valence electrons. The minimum Gasteiger partial charge on any atom is -0.458 e. The van der Waals surface area contributed by atoms with Gasteiger partial charge < -0.3 is 10.1 Å². The van der Waals surface area contributed by atoms with Gasteiger partial charge in [0, 0.05) is 10.7 Å². The fourth-order valence-electron chi connectivity index (χ4n) is 2.17. The van der Waals surface area contributed by atoms with E-state index in [1.807, 2.05) is 18.2 Å². The molecule has 0 radical (unpaired) electrons. The van der Waals surface area contributed by atoms with Gasteiger partial charge in [-0.1, -0.05) is 23.7 Å². The first kappa shape index (κ1) is 16.2. The molecule has 3 rings (SSSR count). The number of carbonyl (C=O) groups excluding carboxylic acids is 1. The third kappa shape index (κ3) is 3.63. The largest absolute Gasteiger partial charge is 0.458 e. The molecule has 0 unspecified atom stereocenters. The lowest BCUT2D eigenvalue weighted by Crippen LogP contribution is -2.16. The van der Waals surface area contributed by atoms with E-state index in [-0.39, 0.29) is 11.8 Å². The smallest absolute Gasteiger partial charge is 0.361 e. The van der Waals surface area contributed by atoms with Gasteiger partial charge in [0.1, 0.15) is 0 Å². The summed E-state index contributed by atoms with van der Waals surface area (Å²) >= 11 is 5.90. The van der Waals surface area contributed by atoms with Gasteiger partial charge in [-0.25, -0.2) is 14.8 Å². The van der Waals surface area contributed by atoms with E-state index in [4.69, 9.17) is 16.3 Å². The van der Waals surface area contributed by atoms with Crippen LogP contribution in [0, 0.1) is 0 Å². The van der Waals surface area contributed by atoms with E-state index in [0.29, 0.717) is 21.9 Å². The van der Waals surface area contributed by atoms with Crippen LogP contribution in [0.2, 0.25) is 5.02 Å². The zero-order valence-electron chi connectivity index (χ0n) is 13.3. The number of hydrogen-bond acceptors (Lipinski definition) is 5. The second-order valence-corrected chi connectivity index (χ2v) is 5.93. The van der Waals surface area contributed by atoms with Crippen LogP contribution in [-0.2, 0) is 4.74 Å². The number of benzene rings is 2. The number of ether oxygens (including phenoxy) is 1. The molecular weight excluding hydrogens is 326 g/mol. The van der Waals surface area contributed by atoms with Crippen LogP contribution in [0.3, 0.4) is 0 Å². The predicted octanol–water partition coefficient (Wildman–Crippen LogP) is 4.59. The van der Waals surface area contributed by atoms with Crippen molar-refractivity contribution >= 4 is 40.1 Å². The van der Waals surface area contributed by atoms with Gasteiger partial charge in [-0.15, -0.1) is 0 Å². The standard InChI is InChI=1S/C18H16ClN3O2/c1-11(2)24-18(23)16-17(20-13-9-7-12(19)8-10-13)22-15-6-4-3-5-14(15)21-16/h3-11H,1-2H3,(H,20,22). The Labute approximate surface area is 144 Å². The highest BCUT2D eigenvalue weighted by atomic mass is 35.5. The topological polar surface area (TPSA) is 64.1 Å². The molecule has 0 fully saturated rings. The first-order valence-electron chi connectivity index (χ1n) is 7.53. The maximum absolute atomic E-state index is 12.4. The van der Waals surface area contributed by atoms with E-state index in [1.165, 1.54) is 0 Å². The first-order chi connectivity index (χ1) is 11.5. The monoisotopic (exact) mass is 341 g/mol. The number of fused-ring (bicyclic) bond motifs is 1. The molecule has 0 aliphatic rings. The van der Waals surface area contributed by atoms with Crippen LogP contribution in [0.15, 0.2) is 48.5 Å². The number of rotatable bonds is 4. The van der Waals surface area contributed by atoms with Crippen LogP contribution in [-0.4, -0.2) is 22.0 Å². The van der Waals surface area contributed by atoms with E-state index < -0.39 is 5.97 Å². The van der Waals surface area contributed by atoms with Crippen LogP contribution >= 0.6 is 11.6 Å². The Hall–Kier alpha value is -2.66. The zero-order valence-corrected chi connectivity index (χ0v) is 14.0. The number of nitrogens with zero attached hydrogens (tertiary/aromatic N) is 2. The maximum Gasteiger partial charge on any atom is 0.361 e. The van der Waals surface area contributed by atoms with Crippen molar-refractivity contribution in [3.05, 3.63) is 59.2 Å². The average Bonchev–Trinajstić information content (AvgIpc) is 2.55. The van der Waals surface area contributed by atoms with Crippen molar-refractivity contribution in [1.29, 1.82) is 0 Å². The van der Waals surface area contributed by atoms with E-state index in [9.17, 15) is 4.79 Å². The molecule has 0 spiro atoms. The molecule has 0 bridgehead atoms. The van der Waals surface area contributed by atoms with Gasteiger partial charge in [0.25, 0.3) is 0 Å². The Balaban J connectivity index is 2.05. The van der Waals surface area contributed by atoms with Crippen molar-refractivity contribution in [2.75, 3.05) is 5.32 Å². The summed E-state index contributed by atoms with van der Waals surface area (Å²) in [7, 11) is 0. The number of carbonyl (C=O) groups is 1. The molecule has 0 aliphatic carbocycles. The van der Waals surface area contributed by atoms with Crippen molar-refractivity contribution < 1.29 is 9.53 Å². The normalized spacial score (nSPS) is 10.8. The summed E-state index contributed by atoms with van der Waals surface area (Å²) < 4.78 is 5.28. The van der Waals surface area contributed by atoms with Crippen LogP contribution in [0.5, 0.6) is 0 Å². The third-order valence-corrected chi connectivity index (χ3v) is 3.47. The van der Waals surface area contributed by atoms with Crippen molar-refractivity contribution in [2.45, 2.75) is 20.0 Å². The van der Waals surface area contributed by atoms with Gasteiger partial charge >= 0.3 is 5.97 Å². The summed E-state index contributed by atoms with van der Waals surface area (Å²) in [6.07, 6.45) is -0.242. The number of para-hydroxylation sites is 2. The second kappa shape index (κ2) is 6.84. The molecule has 0 saturated carbocycles. The number of aromatic nitrogens is 2. The van der Waals surface area contributed by atoms with Gasteiger partial charge in [-0.05, 0) is 50.2 Å². The van der Waals surface area contributed by atoms with E-state index in [1.54, 1.807) is 44.2 Å². The van der Waals surface area contributed by atoms with Gasteiger partial charge in [0.15, 0.2) is 11.5 Å². The summed E-state index contributed by atoms with van der Waals surface area (Å²) in [4.78, 5) is 21.3. The summed E-state index contributed by atoms with van der Waals surface area (Å²) in [5.41, 5.74) is 2.23. The van der Waals surface area contributed by atoms with Crippen molar-refractivity contribution in [2.24, 2.45) is 0 Å². The molecule has 0 atom stereocenters. The van der Waals surface area contributed by atoms with E-state index in [0.717, 1.165) is 5.69 Å². The quantitative estimate of drug-likeness (QED) is 0.703. The Bertz CT molecular complexity index is 879. The van der Waals surface area contributed by atoms with E-state index >= 15 is 0 Å². The highest BCUT2D eigenvalue weighted by Gasteiger charge is 2.19. The first-order valence-corrected chi connectivity index (χ1v) is 7.91. The molecule has 0 amide bonds. The second-order valence-electron chi connectivity index (χ2n) is 5.50. The predicted molar refractivity (Wildman–Crippen MR) is 94.8 cm³/mol. The Morgan fingerprint density at radius 1 is 1.04 bits per heavy atom. The lowest BCUT2D eigenvalue weighted by molar-refractivity contribution is 0.0372. The van der Waals surface area contributed by atoms with Gasteiger partial charge in [0.2, 0.25) is 0 Å². The summed E-state index contributed by atoms with van der Waals surface area (Å²) in [6, 6.07) is 14.5. The van der Waals surface area contributed by atoms with Gasteiger partial charge in [0.05, 0.1) is 17.1 Å². The molecule has 1 aromatic heterocycles. The Morgan fingerprint density at radius 2 is 1.67 bits per heavy atom. The Kier molecular flexibility index (Phi) is 4.62. The van der Waals surface area contributed by atoms with Crippen molar-refractivity contribution in [1.82, 2.24) is 9.97 Å². The fourth-order valence-corrected chi connectivity index (χ4v) is 2.30. The molecule has 0 aliphatic heterocycles. The van der Waals surface area contributed by atoms with Gasteiger partial charge in [-0.3, -0.25) is 0 Å². The zero-order chi connectivity index (χ0) is 17.1. The minimum absolute atomic E-state index is 0.150. The third-order valence-electron chi connectivity index (χ3n) is 3.21. The molecule has 5 nitrogen and oxygen atoms in total. The molecule has 24 heavy (non-hydrogen) atoms. The van der Waals surface area contributed by atoms with E-state index in [2.05, 4.69) is 15.3 Å². The maximum atomic E-state index is 12.4. The number of nitrogens with one attached hydrogen (secondary N) is 1. The minimum atomic E-state index is -0.514. The highest BCUT2D eigenvalue weighted by Crippen LogP contribution is 2.23. The lowest BCUT2D eigenvalue weighted by atomic mass is 10.2. The average molecular weight is 342 g/mol. The summed E-state index contributed by atoms with van der Waals surface area (Å²) in [5.74, 6) is -0.165. The van der Waals surface area contributed by atoms with Crippen LogP contribution < -0.4 is 5.32 Å². The van der Waals surface area contributed by atoms with Crippen molar-refractivity contribution in [3.63, 3.8) is 0 Å². The number of halogens is 1. The summed E-state index contributed by atoms with van der Waals surface area (Å²) in [6.45, 7) is 3.58. The molecule has 1 heterocycles. The number of esters is 1. The van der Waals surface area contributed by atoms with Crippen LogP contribution in [0.1, 0.15) is 24.3 Å². The highest BCUT2D eigenvalue weighted by molar-refractivity contribution is 6.30. The fraction of sp³-hybridized carbons (Fsp3) is 0.167. The molecule has 1 N–H and O–H groups in total. The molecule has 6 heteroatoms. The SMILES string of the molecule is CC(C)OC(=O)c1nc2ccccc2nc1Nc1ccc(Cl)cc1. The molecular formula is C18H16ClN3O2. The Morgan fingerprint density at radius 3 is 2.29 bits per heavy atom. The summed E-state index contributed by atoms with van der Waals surface area (Å²) in [5, 5.41) is 3.74. The molecule has 2 aromatic carbocycles. The molecule has 3 aromatic rings. The van der Waals surface area contributed by atoms with Crippen LogP contribution in [0.4, 0.5) is 11.5 Å².